The summed E-state index contributed by atoms with van der Waals surface area (Å²) in [7, 11) is 2.24. The molecule has 0 amide bonds. The molecule has 0 aromatic carbocycles. The Labute approximate surface area is 70.9 Å². The second-order valence-electron chi connectivity index (χ2n) is 2.78. The van der Waals surface area contributed by atoms with E-state index in [2.05, 4.69) is 34.5 Å². The van der Waals surface area contributed by atoms with Crippen molar-refractivity contribution in [2.45, 2.75) is 25.3 Å². The van der Waals surface area contributed by atoms with Gasteiger partial charge in [0, 0.05) is 10.5 Å². The van der Waals surface area contributed by atoms with Crippen molar-refractivity contribution >= 4 is 22.6 Å². The molecule has 1 fully saturated rings. The maximum absolute atomic E-state index is 2.48. The molecule has 9 heavy (non-hydrogen) atoms. The van der Waals surface area contributed by atoms with Crippen LogP contribution < -0.4 is 0 Å². The van der Waals surface area contributed by atoms with Gasteiger partial charge in [0.2, 0.25) is 0 Å². The summed E-state index contributed by atoms with van der Waals surface area (Å²) in [4.78, 5) is 2.48. The van der Waals surface area contributed by atoms with Gasteiger partial charge in [0.25, 0.3) is 0 Å². The van der Waals surface area contributed by atoms with E-state index in [9.17, 15) is 0 Å². The number of alkyl halides is 1. The summed E-state index contributed by atoms with van der Waals surface area (Å²) >= 11 is 2.48. The first-order valence-corrected chi connectivity index (χ1v) is 5.13. The lowest BCUT2D eigenvalue weighted by Gasteiger charge is -2.30. The number of likely N-dealkylation sites (tertiary alicyclic amines) is 1. The van der Waals surface area contributed by atoms with Crippen molar-refractivity contribution in [3.8, 4) is 0 Å². The second-order valence-corrected chi connectivity index (χ2v) is 3.67. The van der Waals surface area contributed by atoms with E-state index in [-0.39, 0.29) is 0 Å². The summed E-state index contributed by atoms with van der Waals surface area (Å²) in [6.45, 7) is 1.31. The van der Waals surface area contributed by atoms with Gasteiger partial charge in [0.15, 0.2) is 0 Å². The van der Waals surface area contributed by atoms with Crippen LogP contribution in [0.1, 0.15) is 19.3 Å². The molecule has 1 saturated heterocycles. The highest BCUT2D eigenvalue weighted by Crippen LogP contribution is 2.16. The van der Waals surface area contributed by atoms with Gasteiger partial charge < -0.3 is 4.90 Å². The zero-order valence-corrected chi connectivity index (χ0v) is 8.10. The standard InChI is InChI=1S/C7H14IN/c1-9-5-3-2-4-7(9)6-8/h7H,2-6H2,1H3. The minimum Gasteiger partial charge on any atom is -0.303 e. The lowest BCUT2D eigenvalue weighted by molar-refractivity contribution is 0.206. The highest BCUT2D eigenvalue weighted by atomic mass is 127. The van der Waals surface area contributed by atoms with Crippen LogP contribution in [0, 0.1) is 0 Å². The van der Waals surface area contributed by atoms with Crippen molar-refractivity contribution in [3.05, 3.63) is 0 Å². The monoisotopic (exact) mass is 239 g/mol. The third-order valence-electron chi connectivity index (χ3n) is 2.10. The Kier molecular flexibility index (Phi) is 3.26. The highest BCUT2D eigenvalue weighted by Gasteiger charge is 2.16. The minimum atomic E-state index is 0.874. The molecule has 0 N–H and O–H groups in total. The van der Waals surface area contributed by atoms with Gasteiger partial charge in [0.05, 0.1) is 0 Å². The number of rotatable bonds is 1. The van der Waals surface area contributed by atoms with Crippen molar-refractivity contribution < 1.29 is 0 Å². The van der Waals surface area contributed by atoms with Crippen LogP contribution in [0.2, 0.25) is 0 Å². The zero-order valence-electron chi connectivity index (χ0n) is 5.94. The largest absolute Gasteiger partial charge is 0.303 e. The van der Waals surface area contributed by atoms with Gasteiger partial charge in [-0.3, -0.25) is 0 Å². The van der Waals surface area contributed by atoms with Crippen LogP contribution >= 0.6 is 22.6 Å². The molecule has 1 rings (SSSR count). The molecule has 2 heteroatoms. The fraction of sp³-hybridized carbons (Fsp3) is 1.00. The molecule has 1 heterocycles. The zero-order chi connectivity index (χ0) is 6.69. The minimum absolute atomic E-state index is 0.874. The topological polar surface area (TPSA) is 3.24 Å². The van der Waals surface area contributed by atoms with Crippen LogP contribution in [-0.4, -0.2) is 29.0 Å². The van der Waals surface area contributed by atoms with Crippen molar-refractivity contribution in [2.75, 3.05) is 18.0 Å². The number of halogens is 1. The van der Waals surface area contributed by atoms with Crippen LogP contribution in [-0.2, 0) is 0 Å². The number of hydrogen-bond donors (Lipinski definition) is 0. The molecular formula is C7H14IN. The molecule has 0 spiro atoms. The molecule has 0 radical (unpaired) electrons. The Morgan fingerprint density at radius 2 is 2.33 bits per heavy atom. The van der Waals surface area contributed by atoms with Crippen LogP contribution in [0.15, 0.2) is 0 Å². The molecule has 0 aromatic heterocycles. The van der Waals surface area contributed by atoms with Crippen LogP contribution in [0.5, 0.6) is 0 Å². The van der Waals surface area contributed by atoms with E-state index >= 15 is 0 Å². The van der Waals surface area contributed by atoms with E-state index in [1.807, 2.05) is 0 Å². The lowest BCUT2D eigenvalue weighted by Crippen LogP contribution is -2.37. The SMILES string of the molecule is CN1CCCCC1CI. The Morgan fingerprint density at radius 3 is 2.78 bits per heavy atom. The van der Waals surface area contributed by atoms with E-state index in [0.29, 0.717) is 0 Å². The summed E-state index contributed by atoms with van der Waals surface area (Å²) in [5.74, 6) is 0. The second kappa shape index (κ2) is 3.76. The summed E-state index contributed by atoms with van der Waals surface area (Å²) < 4.78 is 1.30. The van der Waals surface area contributed by atoms with Crippen molar-refractivity contribution in [1.82, 2.24) is 4.90 Å². The van der Waals surface area contributed by atoms with Crippen LogP contribution in [0.4, 0.5) is 0 Å². The average Bonchev–Trinajstić information content (AvgIpc) is 1.89. The Balaban J connectivity index is 2.30. The van der Waals surface area contributed by atoms with Gasteiger partial charge in [-0.2, -0.15) is 0 Å². The summed E-state index contributed by atoms with van der Waals surface area (Å²) in [6, 6.07) is 0.874. The molecule has 1 atom stereocenters. The molecule has 0 aromatic rings. The van der Waals surface area contributed by atoms with E-state index in [1.165, 1.54) is 30.2 Å². The third-order valence-corrected chi connectivity index (χ3v) is 3.12. The predicted molar refractivity (Wildman–Crippen MR) is 49.2 cm³/mol. The third kappa shape index (κ3) is 2.08. The highest BCUT2D eigenvalue weighted by molar-refractivity contribution is 14.1. The van der Waals surface area contributed by atoms with E-state index in [1.54, 1.807) is 0 Å². The average molecular weight is 239 g/mol. The first-order chi connectivity index (χ1) is 4.34. The fourth-order valence-electron chi connectivity index (χ4n) is 1.34. The summed E-state index contributed by atoms with van der Waals surface area (Å²) in [5, 5.41) is 0. The normalized spacial score (nSPS) is 30.7. The molecule has 1 unspecified atom stereocenters. The Bertz CT molecular complexity index is 85.0. The van der Waals surface area contributed by atoms with Gasteiger partial charge in [-0.05, 0) is 26.4 Å². The van der Waals surface area contributed by atoms with Gasteiger partial charge in [-0.15, -0.1) is 0 Å². The molecule has 54 valence electrons. The van der Waals surface area contributed by atoms with Crippen molar-refractivity contribution in [3.63, 3.8) is 0 Å². The first kappa shape index (κ1) is 7.79. The van der Waals surface area contributed by atoms with Gasteiger partial charge in [-0.25, -0.2) is 0 Å². The van der Waals surface area contributed by atoms with Crippen molar-refractivity contribution in [1.29, 1.82) is 0 Å². The maximum Gasteiger partial charge on any atom is 0.0182 e. The molecule has 1 nitrogen and oxygen atoms in total. The molecule has 0 saturated carbocycles. The molecule has 1 aliphatic rings. The predicted octanol–water partition coefficient (Wildman–Crippen LogP) is 1.91. The van der Waals surface area contributed by atoms with Crippen LogP contribution in [0.25, 0.3) is 0 Å². The van der Waals surface area contributed by atoms with Gasteiger partial charge in [-0.1, -0.05) is 29.0 Å². The van der Waals surface area contributed by atoms with E-state index in [0.717, 1.165) is 6.04 Å². The molecule has 0 bridgehead atoms. The van der Waals surface area contributed by atoms with Crippen LogP contribution in [0.3, 0.4) is 0 Å². The first-order valence-electron chi connectivity index (χ1n) is 3.61. The van der Waals surface area contributed by atoms with Crippen molar-refractivity contribution in [2.24, 2.45) is 0 Å². The van der Waals surface area contributed by atoms with Gasteiger partial charge in [0.1, 0.15) is 0 Å². The number of piperidine rings is 1. The number of nitrogens with zero attached hydrogens (tertiary/aromatic N) is 1. The van der Waals surface area contributed by atoms with E-state index in [4.69, 9.17) is 0 Å². The molecular weight excluding hydrogens is 225 g/mol. The summed E-state index contributed by atoms with van der Waals surface area (Å²) in [6.07, 6.45) is 4.26. The van der Waals surface area contributed by atoms with E-state index < -0.39 is 0 Å². The van der Waals surface area contributed by atoms with Gasteiger partial charge >= 0.3 is 0 Å². The number of hydrogen-bond acceptors (Lipinski definition) is 1. The smallest absolute Gasteiger partial charge is 0.0182 e. The quantitative estimate of drug-likeness (QED) is 0.499. The Hall–Kier alpha value is 0.690. The lowest BCUT2D eigenvalue weighted by atomic mass is 10.1. The maximum atomic E-state index is 2.48. The Morgan fingerprint density at radius 1 is 1.56 bits per heavy atom. The molecule has 1 aliphatic heterocycles. The summed E-state index contributed by atoms with van der Waals surface area (Å²) in [5.41, 5.74) is 0. The fourth-order valence-corrected chi connectivity index (χ4v) is 2.45. The molecule has 0 aliphatic carbocycles.